The van der Waals surface area contributed by atoms with Crippen LogP contribution in [0.4, 0.5) is 0 Å². The van der Waals surface area contributed by atoms with Crippen molar-refractivity contribution in [1.82, 2.24) is 0 Å². The minimum absolute atomic E-state index is 0.581. The van der Waals surface area contributed by atoms with Gasteiger partial charge in [0.25, 0.3) is 0 Å². The number of benzene rings is 1. The van der Waals surface area contributed by atoms with Crippen molar-refractivity contribution in [2.24, 2.45) is 0 Å². The fourth-order valence-corrected chi connectivity index (χ4v) is 1.12. The topological polar surface area (TPSA) is 9.23 Å². The highest BCUT2D eigenvalue weighted by atomic mass is 35.5. The summed E-state index contributed by atoms with van der Waals surface area (Å²) >= 11 is 5.89. The molecule has 0 aliphatic rings. The van der Waals surface area contributed by atoms with Crippen molar-refractivity contribution < 1.29 is 4.74 Å². The maximum Gasteiger partial charge on any atom is 0.138 e. The number of hydrogen-bond acceptors (Lipinski definition) is 1. The van der Waals surface area contributed by atoms with E-state index in [4.69, 9.17) is 16.3 Å². The average Bonchev–Trinajstić information content (AvgIpc) is 2.41. The van der Waals surface area contributed by atoms with Crippen LogP contribution >= 0.6 is 11.6 Å². The van der Waals surface area contributed by atoms with Gasteiger partial charge in [0.15, 0.2) is 0 Å². The normalized spacial score (nSPS) is 8.82. The summed E-state index contributed by atoms with van der Waals surface area (Å²) in [6.45, 7) is 10.7. The molecule has 0 heterocycles. The van der Waals surface area contributed by atoms with Gasteiger partial charge in [-0.2, -0.15) is 0 Å². The molecule has 0 aliphatic carbocycles. The zero-order valence-electron chi connectivity index (χ0n) is 11.7. The molecule has 0 radical (unpaired) electrons. The van der Waals surface area contributed by atoms with Gasteiger partial charge in [0.1, 0.15) is 12.4 Å². The van der Waals surface area contributed by atoms with Crippen LogP contribution in [0.5, 0.6) is 5.75 Å². The SMILES string of the molecule is CC.CC.CC/C=C/COc1ccccc1Cl. The fourth-order valence-electron chi connectivity index (χ4n) is 0.934. The predicted octanol–water partition coefficient (Wildman–Crippen LogP) is 5.74. The van der Waals surface area contributed by atoms with Gasteiger partial charge < -0.3 is 4.74 Å². The summed E-state index contributed by atoms with van der Waals surface area (Å²) in [6, 6.07) is 7.48. The van der Waals surface area contributed by atoms with E-state index in [-0.39, 0.29) is 0 Å². The molecule has 0 aromatic heterocycles. The third-order valence-corrected chi connectivity index (χ3v) is 1.89. The van der Waals surface area contributed by atoms with Crippen molar-refractivity contribution in [3.63, 3.8) is 0 Å². The molecule has 0 aliphatic heterocycles. The zero-order valence-corrected chi connectivity index (χ0v) is 12.4. The summed E-state index contributed by atoms with van der Waals surface area (Å²) in [4.78, 5) is 0. The molecule has 2 heteroatoms. The molecule has 1 rings (SSSR count). The van der Waals surface area contributed by atoms with Crippen molar-refractivity contribution in [2.45, 2.75) is 41.0 Å². The Morgan fingerprint density at radius 1 is 1.06 bits per heavy atom. The van der Waals surface area contributed by atoms with Crippen LogP contribution in [0.2, 0.25) is 5.02 Å². The number of rotatable bonds is 4. The highest BCUT2D eigenvalue weighted by molar-refractivity contribution is 6.32. The first-order chi connectivity index (χ1) is 8.34. The molecule has 0 saturated carbocycles. The average molecular weight is 257 g/mol. The third kappa shape index (κ3) is 9.95. The number of para-hydroxylation sites is 1. The van der Waals surface area contributed by atoms with Gasteiger partial charge in [-0.3, -0.25) is 0 Å². The highest BCUT2D eigenvalue weighted by Crippen LogP contribution is 2.22. The van der Waals surface area contributed by atoms with E-state index >= 15 is 0 Å². The summed E-state index contributed by atoms with van der Waals surface area (Å²) in [7, 11) is 0. The molecule has 0 fully saturated rings. The minimum atomic E-state index is 0.581. The van der Waals surface area contributed by atoms with Gasteiger partial charge >= 0.3 is 0 Å². The lowest BCUT2D eigenvalue weighted by atomic mass is 10.3. The van der Waals surface area contributed by atoms with Crippen LogP contribution in [0, 0.1) is 0 Å². The summed E-state index contributed by atoms with van der Waals surface area (Å²) in [5.74, 6) is 0.741. The first-order valence-electron chi connectivity index (χ1n) is 6.37. The van der Waals surface area contributed by atoms with Crippen molar-refractivity contribution in [2.75, 3.05) is 6.61 Å². The molecule has 1 nitrogen and oxygen atoms in total. The molecule has 17 heavy (non-hydrogen) atoms. The van der Waals surface area contributed by atoms with Crippen molar-refractivity contribution in [1.29, 1.82) is 0 Å². The Kier molecular flexibility index (Phi) is 16.3. The van der Waals surface area contributed by atoms with Crippen LogP contribution in [-0.2, 0) is 0 Å². The van der Waals surface area contributed by atoms with Crippen LogP contribution in [-0.4, -0.2) is 6.61 Å². The second-order valence-corrected chi connectivity index (χ2v) is 3.03. The fraction of sp³-hybridized carbons (Fsp3) is 0.467. The van der Waals surface area contributed by atoms with Gasteiger partial charge in [-0.05, 0) is 18.6 Å². The summed E-state index contributed by atoms with van der Waals surface area (Å²) in [5, 5.41) is 0.660. The number of hydrogen-bond donors (Lipinski definition) is 0. The number of allylic oxidation sites excluding steroid dienone is 1. The van der Waals surface area contributed by atoms with Gasteiger partial charge in [-0.1, -0.05) is 70.5 Å². The first-order valence-corrected chi connectivity index (χ1v) is 6.74. The Morgan fingerprint density at radius 3 is 2.18 bits per heavy atom. The Balaban J connectivity index is 0. The molecular weight excluding hydrogens is 232 g/mol. The molecule has 0 atom stereocenters. The van der Waals surface area contributed by atoms with Crippen molar-refractivity contribution >= 4 is 11.6 Å². The van der Waals surface area contributed by atoms with Crippen LogP contribution in [0.25, 0.3) is 0 Å². The van der Waals surface area contributed by atoms with Gasteiger partial charge in [-0.15, -0.1) is 0 Å². The monoisotopic (exact) mass is 256 g/mol. The maximum atomic E-state index is 5.89. The largest absolute Gasteiger partial charge is 0.488 e. The van der Waals surface area contributed by atoms with Crippen LogP contribution in [0.3, 0.4) is 0 Å². The predicted molar refractivity (Wildman–Crippen MR) is 79.1 cm³/mol. The highest BCUT2D eigenvalue weighted by Gasteiger charge is 1.96. The van der Waals surface area contributed by atoms with E-state index in [1.54, 1.807) is 0 Å². The van der Waals surface area contributed by atoms with E-state index in [0.29, 0.717) is 11.6 Å². The Hall–Kier alpha value is -0.950. The number of halogens is 1. The summed E-state index contributed by atoms with van der Waals surface area (Å²) < 4.78 is 5.42. The molecule has 1 aromatic rings. The molecule has 0 spiro atoms. The Bertz CT molecular complexity index is 282. The van der Waals surface area contributed by atoms with Crippen LogP contribution in [0.1, 0.15) is 41.0 Å². The molecule has 0 saturated heterocycles. The van der Waals surface area contributed by atoms with E-state index < -0.39 is 0 Å². The molecule has 0 N–H and O–H groups in total. The molecule has 0 bridgehead atoms. The van der Waals surface area contributed by atoms with Gasteiger partial charge in [0.05, 0.1) is 5.02 Å². The lowest BCUT2D eigenvalue weighted by Gasteiger charge is -2.03. The van der Waals surface area contributed by atoms with E-state index in [1.807, 2.05) is 58.0 Å². The molecular formula is C15H25ClO. The molecule has 98 valence electrons. The standard InChI is InChI=1S/C11H13ClO.2C2H6/c1-2-3-6-9-13-11-8-5-4-7-10(11)12;2*1-2/h3-8H,2,9H2,1H3;2*1-2H3/b6-3+;;. The van der Waals surface area contributed by atoms with Crippen molar-refractivity contribution in [3.8, 4) is 5.75 Å². The lowest BCUT2D eigenvalue weighted by molar-refractivity contribution is 0.363. The van der Waals surface area contributed by atoms with Crippen LogP contribution < -0.4 is 4.74 Å². The summed E-state index contributed by atoms with van der Waals surface area (Å²) in [5.41, 5.74) is 0. The van der Waals surface area contributed by atoms with E-state index in [0.717, 1.165) is 12.2 Å². The molecule has 0 unspecified atom stereocenters. The van der Waals surface area contributed by atoms with E-state index in [2.05, 4.69) is 13.0 Å². The van der Waals surface area contributed by atoms with Gasteiger partial charge in [-0.25, -0.2) is 0 Å². The maximum absolute atomic E-state index is 5.89. The Morgan fingerprint density at radius 2 is 1.65 bits per heavy atom. The summed E-state index contributed by atoms with van der Waals surface area (Å²) in [6.07, 6.45) is 5.09. The second kappa shape index (κ2) is 15.0. The van der Waals surface area contributed by atoms with Crippen molar-refractivity contribution in [3.05, 3.63) is 41.4 Å². The van der Waals surface area contributed by atoms with Gasteiger partial charge in [0.2, 0.25) is 0 Å². The van der Waals surface area contributed by atoms with Gasteiger partial charge in [0, 0.05) is 0 Å². The smallest absolute Gasteiger partial charge is 0.138 e. The zero-order chi connectivity index (χ0) is 13.5. The third-order valence-electron chi connectivity index (χ3n) is 1.57. The molecule has 1 aromatic carbocycles. The van der Waals surface area contributed by atoms with E-state index in [9.17, 15) is 0 Å². The van der Waals surface area contributed by atoms with Crippen LogP contribution in [0.15, 0.2) is 36.4 Å². The van der Waals surface area contributed by atoms with E-state index in [1.165, 1.54) is 0 Å². The number of ether oxygens (including phenoxy) is 1. The first kappa shape index (κ1) is 18.4. The Labute approximate surface area is 111 Å². The minimum Gasteiger partial charge on any atom is -0.488 e. The second-order valence-electron chi connectivity index (χ2n) is 2.62. The quantitative estimate of drug-likeness (QED) is 0.625. The molecule has 0 amide bonds. The lowest BCUT2D eigenvalue weighted by Crippen LogP contribution is -1.93.